The second-order valence-corrected chi connectivity index (χ2v) is 18.7. The number of aromatic nitrogens is 1. The van der Waals surface area contributed by atoms with Gasteiger partial charge in [0.1, 0.15) is 35.2 Å². The highest BCUT2D eigenvalue weighted by Crippen LogP contribution is 2.46. The number of ether oxygens (including phenoxy) is 3. The Hall–Kier alpha value is -5.44. The molecule has 4 bridgehead atoms. The van der Waals surface area contributed by atoms with Crippen LogP contribution >= 0.6 is 0 Å². The van der Waals surface area contributed by atoms with E-state index in [0.717, 1.165) is 43.2 Å². The highest BCUT2D eigenvalue weighted by Gasteiger charge is 2.62. The Labute approximate surface area is 350 Å². The number of carbonyl (C=O) groups is 4. The molecular formula is C45H53N5O9S. The van der Waals surface area contributed by atoms with E-state index < -0.39 is 68.7 Å². The summed E-state index contributed by atoms with van der Waals surface area (Å²) in [5.41, 5.74) is 1.39. The molecule has 2 aromatic carbocycles. The maximum Gasteiger partial charge on any atom is 0.407 e. The summed E-state index contributed by atoms with van der Waals surface area (Å²) < 4.78 is 46.2. The summed E-state index contributed by atoms with van der Waals surface area (Å²) in [5.74, 6) is -1.50. The Morgan fingerprint density at radius 2 is 1.82 bits per heavy atom. The number of allylic oxidation sites excluding steroid dienone is 1. The van der Waals surface area contributed by atoms with Crippen LogP contribution in [0.15, 0.2) is 67.3 Å². The van der Waals surface area contributed by atoms with Gasteiger partial charge in [-0.2, -0.15) is 0 Å². The van der Waals surface area contributed by atoms with Crippen molar-refractivity contribution in [1.82, 2.24) is 25.2 Å². The molecule has 0 unspecified atom stereocenters. The molecule has 15 heteroatoms. The van der Waals surface area contributed by atoms with E-state index in [1.54, 1.807) is 7.11 Å². The number of benzene rings is 2. The molecule has 5 aliphatic rings. The molecule has 14 nitrogen and oxygen atoms in total. The number of rotatable bonds is 9. The molecular weight excluding hydrogens is 787 g/mol. The summed E-state index contributed by atoms with van der Waals surface area (Å²) in [6.45, 7) is 3.98. The molecule has 4 amide bonds. The lowest BCUT2D eigenvalue weighted by molar-refractivity contribution is -0.142. The summed E-state index contributed by atoms with van der Waals surface area (Å²) in [7, 11) is -2.31. The lowest BCUT2D eigenvalue weighted by Gasteiger charge is -2.34. The van der Waals surface area contributed by atoms with Gasteiger partial charge in [-0.25, -0.2) is 18.2 Å². The van der Waals surface area contributed by atoms with E-state index >= 15 is 0 Å². The predicted octanol–water partition coefficient (Wildman–Crippen LogP) is 5.80. The lowest BCUT2D eigenvalue weighted by Crippen LogP contribution is -2.59. The van der Waals surface area contributed by atoms with Crippen molar-refractivity contribution in [2.75, 3.05) is 20.3 Å². The second-order valence-electron chi connectivity index (χ2n) is 16.7. The van der Waals surface area contributed by atoms with E-state index in [2.05, 4.69) is 21.9 Å². The van der Waals surface area contributed by atoms with Crippen LogP contribution in [-0.4, -0.2) is 91.4 Å². The number of nitrogens with zero attached hydrogens (tertiary/aromatic N) is 2. The Kier molecular flexibility index (Phi) is 11.9. The molecule has 4 fully saturated rings. The van der Waals surface area contributed by atoms with Gasteiger partial charge in [-0.15, -0.1) is 6.58 Å². The average Bonchev–Trinajstić information content (AvgIpc) is 4.19. The third-order valence-corrected chi connectivity index (χ3v) is 14.4. The zero-order valence-electron chi connectivity index (χ0n) is 33.9. The number of alkyl carbamates (subject to hydrolysis) is 1. The van der Waals surface area contributed by atoms with Crippen LogP contribution in [0.25, 0.3) is 28.2 Å². The summed E-state index contributed by atoms with van der Waals surface area (Å²) in [6.07, 6.45) is 11.6. The molecule has 3 aromatic rings. The summed E-state index contributed by atoms with van der Waals surface area (Å²) in [6, 6.07) is 13.3. The molecule has 318 valence electrons. The fourth-order valence-corrected chi connectivity index (χ4v) is 10.3. The van der Waals surface area contributed by atoms with Crippen LogP contribution in [0.1, 0.15) is 82.6 Å². The van der Waals surface area contributed by atoms with E-state index in [0.29, 0.717) is 60.2 Å². The Balaban J connectivity index is 1.18. The first-order chi connectivity index (χ1) is 29.0. The van der Waals surface area contributed by atoms with Gasteiger partial charge in [0, 0.05) is 41.0 Å². The van der Waals surface area contributed by atoms with Crippen LogP contribution in [0, 0.1) is 11.8 Å². The van der Waals surface area contributed by atoms with Gasteiger partial charge in [-0.05, 0) is 63.4 Å². The van der Waals surface area contributed by atoms with Crippen LogP contribution in [0.2, 0.25) is 0 Å². The molecule has 3 saturated carbocycles. The van der Waals surface area contributed by atoms with Crippen molar-refractivity contribution in [1.29, 1.82) is 0 Å². The van der Waals surface area contributed by atoms with Gasteiger partial charge in [0.2, 0.25) is 21.8 Å². The minimum atomic E-state index is -3.91. The van der Waals surface area contributed by atoms with Gasteiger partial charge in [0.25, 0.3) is 5.91 Å². The number of carbonyl (C=O) groups excluding carboxylic acids is 4. The van der Waals surface area contributed by atoms with Gasteiger partial charge in [-0.1, -0.05) is 67.8 Å². The molecule has 5 atom stereocenters. The fourth-order valence-electron chi connectivity index (χ4n) is 8.91. The van der Waals surface area contributed by atoms with E-state index in [4.69, 9.17) is 19.2 Å². The van der Waals surface area contributed by atoms with Crippen molar-refractivity contribution in [3.05, 3.63) is 72.8 Å². The quantitative estimate of drug-likeness (QED) is 0.223. The van der Waals surface area contributed by atoms with Crippen LogP contribution < -0.4 is 24.8 Å². The van der Waals surface area contributed by atoms with E-state index in [1.807, 2.05) is 60.7 Å². The summed E-state index contributed by atoms with van der Waals surface area (Å²) in [5, 5.41) is 5.82. The molecule has 60 heavy (non-hydrogen) atoms. The third-order valence-electron chi connectivity index (χ3n) is 12.5. The van der Waals surface area contributed by atoms with Crippen molar-refractivity contribution < 1.29 is 41.8 Å². The maximum absolute atomic E-state index is 15.0. The van der Waals surface area contributed by atoms with Crippen molar-refractivity contribution >= 4 is 50.8 Å². The minimum absolute atomic E-state index is 0.00951. The second kappa shape index (κ2) is 17.3. The standard InChI is InChI=1S/C45H53N5O9S/c1-3-31-26-45(31,43(53)49-60(55,56)33-19-20-33)48-41(51)37-23-32-27-50(37)42(52)40(29-16-11-7-12-17-29)47-44(54)58-21-13-5-4-8-18-30-22-34-36(25-38(30)57-2)46-35(24-39(34)59-32)28-14-9-6-10-15-28/h3,6,8-10,14-15,18,22,24-25,29,31-33,37,40H,1,4-5,7,11-13,16-17,19-21,23,26-27H2,2H3,(H,47,54)(H,48,51)(H,49,53)/b18-8+/t31-,32-,37+,40+,45-/m1/s1. The van der Waals surface area contributed by atoms with Crippen molar-refractivity contribution in [3.63, 3.8) is 0 Å². The first-order valence-corrected chi connectivity index (χ1v) is 22.7. The zero-order valence-corrected chi connectivity index (χ0v) is 34.7. The van der Waals surface area contributed by atoms with Crippen LogP contribution in [0.3, 0.4) is 0 Å². The van der Waals surface area contributed by atoms with Gasteiger partial charge in [-0.3, -0.25) is 19.1 Å². The van der Waals surface area contributed by atoms with Gasteiger partial charge in [0.15, 0.2) is 0 Å². The highest BCUT2D eigenvalue weighted by molar-refractivity contribution is 7.91. The smallest absolute Gasteiger partial charge is 0.407 e. The summed E-state index contributed by atoms with van der Waals surface area (Å²) >= 11 is 0. The van der Waals surface area contributed by atoms with E-state index in [1.165, 1.54) is 11.0 Å². The monoisotopic (exact) mass is 839 g/mol. The van der Waals surface area contributed by atoms with Crippen molar-refractivity contribution in [2.24, 2.45) is 11.8 Å². The number of cyclic esters (lactones) is 1. The third kappa shape index (κ3) is 8.72. The first kappa shape index (κ1) is 41.3. The minimum Gasteiger partial charge on any atom is -0.496 e. The highest BCUT2D eigenvalue weighted by atomic mass is 32.2. The van der Waals surface area contributed by atoms with Gasteiger partial charge in [0.05, 0.1) is 36.7 Å². The van der Waals surface area contributed by atoms with Gasteiger partial charge >= 0.3 is 6.09 Å². The number of sulfonamides is 1. The molecule has 8 rings (SSSR count). The number of hydrogen-bond donors (Lipinski definition) is 3. The number of pyridine rings is 1. The SMILES string of the molecule is C=C[C@@H]1C[C@]1(NC(=O)[C@@H]1C[C@@H]2CN1C(=O)[C@H](C1CCCCC1)NC(=O)OCCCC/C=C/c1cc3c(cc(-c4ccccc4)nc3cc1OC)O2)C(=O)NS(=O)(=O)C1CC1. The molecule has 2 aliphatic heterocycles. The largest absolute Gasteiger partial charge is 0.496 e. The molecule has 3 N–H and O–H groups in total. The van der Waals surface area contributed by atoms with Crippen LogP contribution in [-0.2, 0) is 29.1 Å². The molecule has 1 saturated heterocycles. The lowest BCUT2D eigenvalue weighted by atomic mass is 9.83. The molecule has 3 heterocycles. The molecule has 1 aromatic heterocycles. The Morgan fingerprint density at radius 1 is 1.03 bits per heavy atom. The summed E-state index contributed by atoms with van der Waals surface area (Å²) in [4.78, 5) is 63.1. The van der Waals surface area contributed by atoms with Crippen LogP contribution in [0.4, 0.5) is 4.79 Å². The fraction of sp³-hybridized carbons (Fsp3) is 0.489. The van der Waals surface area contributed by atoms with Crippen molar-refractivity contribution in [2.45, 2.75) is 106 Å². The zero-order chi connectivity index (χ0) is 42.0. The van der Waals surface area contributed by atoms with Crippen LogP contribution in [0.5, 0.6) is 11.5 Å². The first-order valence-electron chi connectivity index (χ1n) is 21.2. The topological polar surface area (TPSA) is 182 Å². The number of amides is 4. The number of hydrogen-bond acceptors (Lipinski definition) is 10. The maximum atomic E-state index is 15.0. The predicted molar refractivity (Wildman–Crippen MR) is 225 cm³/mol. The normalized spacial score (nSPS) is 27.0. The molecule has 0 radical (unpaired) electrons. The van der Waals surface area contributed by atoms with Gasteiger partial charge < -0.3 is 29.7 Å². The van der Waals surface area contributed by atoms with Crippen molar-refractivity contribution in [3.8, 4) is 22.8 Å². The van der Waals surface area contributed by atoms with E-state index in [9.17, 15) is 27.6 Å². The Morgan fingerprint density at radius 3 is 2.53 bits per heavy atom. The number of fused-ring (bicyclic) bond motifs is 3. The molecule has 3 aliphatic carbocycles. The Bertz CT molecular complexity index is 2290. The van der Waals surface area contributed by atoms with E-state index in [-0.39, 0.29) is 31.9 Å². The number of nitrogens with one attached hydrogen (secondary N) is 3. The average molecular weight is 840 g/mol. The molecule has 0 spiro atoms. The number of methoxy groups -OCH3 is 1.